The second-order valence-corrected chi connectivity index (χ2v) is 4.43. The van der Waals surface area contributed by atoms with E-state index in [0.717, 1.165) is 19.5 Å². The van der Waals surface area contributed by atoms with Gasteiger partial charge in [0, 0.05) is 32.7 Å². The van der Waals surface area contributed by atoms with Crippen molar-refractivity contribution in [1.82, 2.24) is 9.78 Å². The summed E-state index contributed by atoms with van der Waals surface area (Å²) in [6.45, 7) is 1.71. The van der Waals surface area contributed by atoms with Gasteiger partial charge in [-0.1, -0.05) is 11.6 Å². The minimum absolute atomic E-state index is 0.173. The minimum atomic E-state index is -0.286. The molecule has 0 aromatic carbocycles. The molecule has 0 unspecified atom stereocenters. The van der Waals surface area contributed by atoms with Crippen molar-refractivity contribution in [2.45, 2.75) is 6.42 Å². The SMILES string of the molecule is Cn1ncc(N2CC[C@H](CO)C2)c(Cl)c1=O. The van der Waals surface area contributed by atoms with Crippen molar-refractivity contribution < 1.29 is 5.11 Å². The average molecular weight is 244 g/mol. The van der Waals surface area contributed by atoms with Crippen LogP contribution in [-0.4, -0.2) is 34.6 Å². The van der Waals surface area contributed by atoms with Crippen LogP contribution >= 0.6 is 11.6 Å². The summed E-state index contributed by atoms with van der Waals surface area (Å²) in [4.78, 5) is 13.6. The summed E-state index contributed by atoms with van der Waals surface area (Å²) in [6, 6.07) is 0. The molecule has 1 atom stereocenters. The molecule has 0 radical (unpaired) electrons. The number of aliphatic hydroxyl groups is 1. The van der Waals surface area contributed by atoms with Crippen LogP contribution in [0, 0.1) is 5.92 Å². The van der Waals surface area contributed by atoms with E-state index < -0.39 is 0 Å². The van der Waals surface area contributed by atoms with E-state index in [2.05, 4.69) is 5.10 Å². The zero-order valence-corrected chi connectivity index (χ0v) is 9.81. The number of hydrogen-bond donors (Lipinski definition) is 1. The van der Waals surface area contributed by atoms with Crippen LogP contribution in [0.2, 0.25) is 5.02 Å². The maximum absolute atomic E-state index is 11.6. The van der Waals surface area contributed by atoms with Crippen molar-refractivity contribution in [3.63, 3.8) is 0 Å². The van der Waals surface area contributed by atoms with E-state index in [1.54, 1.807) is 13.2 Å². The summed E-state index contributed by atoms with van der Waals surface area (Å²) >= 11 is 5.99. The van der Waals surface area contributed by atoms with E-state index >= 15 is 0 Å². The van der Waals surface area contributed by atoms with Crippen LogP contribution in [0.25, 0.3) is 0 Å². The van der Waals surface area contributed by atoms with E-state index in [0.29, 0.717) is 5.69 Å². The van der Waals surface area contributed by atoms with Crippen LogP contribution in [-0.2, 0) is 7.05 Å². The molecule has 2 heterocycles. The third kappa shape index (κ3) is 1.92. The van der Waals surface area contributed by atoms with E-state index in [9.17, 15) is 4.79 Å². The number of nitrogens with zero attached hydrogens (tertiary/aromatic N) is 3. The molecule has 16 heavy (non-hydrogen) atoms. The summed E-state index contributed by atoms with van der Waals surface area (Å²) in [5.41, 5.74) is 0.382. The lowest BCUT2D eigenvalue weighted by molar-refractivity contribution is 0.238. The van der Waals surface area contributed by atoms with Gasteiger partial charge in [-0.2, -0.15) is 5.10 Å². The molecule has 0 aliphatic carbocycles. The summed E-state index contributed by atoms with van der Waals surface area (Å²) in [6.07, 6.45) is 2.52. The summed E-state index contributed by atoms with van der Waals surface area (Å²) < 4.78 is 1.21. The Hall–Kier alpha value is -1.07. The van der Waals surface area contributed by atoms with Crippen molar-refractivity contribution in [1.29, 1.82) is 0 Å². The number of rotatable bonds is 2. The summed E-state index contributed by atoms with van der Waals surface area (Å²) in [5, 5.41) is 13.2. The lowest BCUT2D eigenvalue weighted by atomic mass is 10.1. The quantitative estimate of drug-likeness (QED) is 0.809. The van der Waals surface area contributed by atoms with E-state index in [4.69, 9.17) is 16.7 Å². The van der Waals surface area contributed by atoms with Crippen molar-refractivity contribution in [2.75, 3.05) is 24.6 Å². The van der Waals surface area contributed by atoms with Gasteiger partial charge in [0.25, 0.3) is 5.56 Å². The minimum Gasteiger partial charge on any atom is -0.396 e. The van der Waals surface area contributed by atoms with Gasteiger partial charge in [-0.05, 0) is 6.42 Å². The van der Waals surface area contributed by atoms with E-state index in [1.807, 2.05) is 4.90 Å². The van der Waals surface area contributed by atoms with E-state index in [-0.39, 0.29) is 23.1 Å². The number of hydrogen-bond acceptors (Lipinski definition) is 4. The molecular formula is C10H14ClN3O2. The molecule has 1 aromatic heterocycles. The molecule has 1 saturated heterocycles. The third-order valence-electron chi connectivity index (χ3n) is 2.94. The highest BCUT2D eigenvalue weighted by atomic mass is 35.5. The van der Waals surface area contributed by atoms with Crippen LogP contribution < -0.4 is 10.5 Å². The van der Waals surface area contributed by atoms with Gasteiger partial charge in [0.2, 0.25) is 0 Å². The molecule has 1 fully saturated rings. The lowest BCUT2D eigenvalue weighted by Gasteiger charge is -2.19. The first-order valence-electron chi connectivity index (χ1n) is 5.21. The van der Waals surface area contributed by atoms with Crippen molar-refractivity contribution in [2.24, 2.45) is 13.0 Å². The van der Waals surface area contributed by atoms with Crippen LogP contribution in [0.3, 0.4) is 0 Å². The molecule has 1 aliphatic rings. The maximum atomic E-state index is 11.6. The molecule has 1 N–H and O–H groups in total. The molecule has 5 nitrogen and oxygen atoms in total. The molecule has 1 aliphatic heterocycles. The van der Waals surface area contributed by atoms with Gasteiger partial charge in [-0.3, -0.25) is 4.79 Å². The predicted octanol–water partition coefficient (Wildman–Crippen LogP) is 0.252. The van der Waals surface area contributed by atoms with Crippen molar-refractivity contribution >= 4 is 17.3 Å². The Morgan fingerprint density at radius 1 is 1.69 bits per heavy atom. The molecule has 0 saturated carbocycles. The Balaban J connectivity index is 2.29. The Morgan fingerprint density at radius 2 is 2.44 bits per heavy atom. The third-order valence-corrected chi connectivity index (χ3v) is 3.30. The summed E-state index contributed by atoms with van der Waals surface area (Å²) in [5.74, 6) is 0.264. The second kappa shape index (κ2) is 4.43. The van der Waals surface area contributed by atoms with Crippen LogP contribution in [0.15, 0.2) is 11.0 Å². The van der Waals surface area contributed by atoms with Gasteiger partial charge in [0.1, 0.15) is 5.02 Å². The number of anilines is 1. The van der Waals surface area contributed by atoms with Gasteiger partial charge >= 0.3 is 0 Å². The van der Waals surface area contributed by atoms with Gasteiger partial charge < -0.3 is 10.0 Å². The largest absolute Gasteiger partial charge is 0.396 e. The number of aryl methyl sites for hydroxylation is 1. The molecule has 0 amide bonds. The van der Waals surface area contributed by atoms with Crippen LogP contribution in [0.4, 0.5) is 5.69 Å². The molecule has 0 bridgehead atoms. The summed E-state index contributed by atoms with van der Waals surface area (Å²) in [7, 11) is 1.57. The molecule has 1 aromatic rings. The van der Waals surface area contributed by atoms with Crippen LogP contribution in [0.1, 0.15) is 6.42 Å². The zero-order chi connectivity index (χ0) is 11.7. The zero-order valence-electron chi connectivity index (χ0n) is 9.06. The molecule has 6 heteroatoms. The van der Waals surface area contributed by atoms with Gasteiger partial charge in [0.05, 0.1) is 11.9 Å². The number of aliphatic hydroxyl groups excluding tert-OH is 1. The Bertz CT molecular complexity index is 446. The highest BCUT2D eigenvalue weighted by molar-refractivity contribution is 6.33. The lowest BCUT2D eigenvalue weighted by Crippen LogP contribution is -2.27. The number of halogens is 1. The molecule has 88 valence electrons. The van der Waals surface area contributed by atoms with Gasteiger partial charge in [-0.25, -0.2) is 4.68 Å². The Kier molecular flexibility index (Phi) is 3.16. The van der Waals surface area contributed by atoms with Crippen molar-refractivity contribution in [3.05, 3.63) is 21.6 Å². The predicted molar refractivity (Wildman–Crippen MR) is 61.9 cm³/mol. The van der Waals surface area contributed by atoms with Gasteiger partial charge in [0.15, 0.2) is 0 Å². The highest BCUT2D eigenvalue weighted by Gasteiger charge is 2.24. The first-order chi connectivity index (χ1) is 7.63. The monoisotopic (exact) mass is 243 g/mol. The molecule has 0 spiro atoms. The fraction of sp³-hybridized carbons (Fsp3) is 0.600. The van der Waals surface area contributed by atoms with E-state index in [1.165, 1.54) is 4.68 Å². The first kappa shape index (κ1) is 11.4. The smallest absolute Gasteiger partial charge is 0.287 e. The molecule has 2 rings (SSSR count). The maximum Gasteiger partial charge on any atom is 0.287 e. The Morgan fingerprint density at radius 3 is 3.06 bits per heavy atom. The normalized spacial score (nSPS) is 20.4. The highest BCUT2D eigenvalue weighted by Crippen LogP contribution is 2.26. The molecular weight excluding hydrogens is 230 g/mol. The Labute approximate surface area is 98.3 Å². The fourth-order valence-electron chi connectivity index (χ4n) is 1.92. The fourth-order valence-corrected chi connectivity index (χ4v) is 2.21. The first-order valence-corrected chi connectivity index (χ1v) is 5.59. The van der Waals surface area contributed by atoms with Crippen molar-refractivity contribution in [3.8, 4) is 0 Å². The average Bonchev–Trinajstić information content (AvgIpc) is 2.74. The van der Waals surface area contributed by atoms with Gasteiger partial charge in [-0.15, -0.1) is 0 Å². The topological polar surface area (TPSA) is 58.4 Å². The second-order valence-electron chi connectivity index (χ2n) is 4.06. The van der Waals surface area contributed by atoms with Crippen LogP contribution in [0.5, 0.6) is 0 Å². The standard InChI is InChI=1S/C10H14ClN3O2/c1-13-10(16)9(11)8(4-12-13)14-3-2-7(5-14)6-15/h4,7,15H,2-3,5-6H2,1H3/t7-/m0/s1. The number of aromatic nitrogens is 2.